The van der Waals surface area contributed by atoms with Crippen LogP contribution in [0.2, 0.25) is 0 Å². The maximum absolute atomic E-state index is 11.5. The lowest BCUT2D eigenvalue weighted by Crippen LogP contribution is -2.28. The molecule has 86 valence electrons. The molecule has 0 aliphatic carbocycles. The molecular weight excluding hydrogens is 218 g/mol. The summed E-state index contributed by atoms with van der Waals surface area (Å²) in [4.78, 5) is 15.6. The van der Waals surface area contributed by atoms with Crippen LogP contribution in [0, 0.1) is 0 Å². The molecule has 0 bridgehead atoms. The second-order valence-electron chi connectivity index (χ2n) is 3.24. The number of hydrogen-bond donors (Lipinski definition) is 2. The number of carbonyl (C=O) groups excluding carboxylic acids is 1. The Kier molecular flexibility index (Phi) is 3.59. The Balaban J connectivity index is 1.83. The smallest absolute Gasteiger partial charge is 0.320 e. The first kappa shape index (κ1) is 11.0. The predicted molar refractivity (Wildman–Crippen MR) is 62.1 cm³/mol. The number of hydrogen-bond acceptors (Lipinski definition) is 4. The molecule has 6 heteroatoms. The van der Waals surface area contributed by atoms with Gasteiger partial charge in [-0.05, 0) is 24.3 Å². The molecule has 0 saturated heterocycles. The van der Waals surface area contributed by atoms with Gasteiger partial charge in [0.25, 0.3) is 0 Å². The zero-order valence-electron chi connectivity index (χ0n) is 9.00. The summed E-state index contributed by atoms with van der Waals surface area (Å²) in [5.41, 5.74) is 0.793. The highest BCUT2D eigenvalue weighted by Crippen LogP contribution is 1.97. The van der Waals surface area contributed by atoms with Crippen LogP contribution in [0.5, 0.6) is 0 Å². The van der Waals surface area contributed by atoms with Crippen LogP contribution in [0.4, 0.5) is 10.6 Å². The Bertz CT molecular complexity index is 474. The quantitative estimate of drug-likeness (QED) is 0.828. The van der Waals surface area contributed by atoms with Crippen molar-refractivity contribution in [3.05, 3.63) is 48.4 Å². The molecular formula is C11H11N5O. The number of urea groups is 1. The van der Waals surface area contributed by atoms with Crippen LogP contribution in [0.15, 0.2) is 42.7 Å². The number of aromatic nitrogens is 3. The SMILES string of the molecule is O=C(NCc1ccccn1)Nc1cccnn1. The summed E-state index contributed by atoms with van der Waals surface area (Å²) in [5.74, 6) is 0.408. The summed E-state index contributed by atoms with van der Waals surface area (Å²) in [6, 6.07) is 8.54. The van der Waals surface area contributed by atoms with E-state index in [4.69, 9.17) is 0 Å². The van der Waals surface area contributed by atoms with E-state index in [0.717, 1.165) is 5.69 Å². The van der Waals surface area contributed by atoms with Gasteiger partial charge < -0.3 is 5.32 Å². The van der Waals surface area contributed by atoms with Gasteiger partial charge in [0, 0.05) is 12.4 Å². The van der Waals surface area contributed by atoms with Crippen LogP contribution in [0.1, 0.15) is 5.69 Å². The fourth-order valence-corrected chi connectivity index (χ4v) is 1.20. The van der Waals surface area contributed by atoms with Crippen molar-refractivity contribution >= 4 is 11.8 Å². The zero-order valence-corrected chi connectivity index (χ0v) is 9.00. The molecule has 0 atom stereocenters. The maximum atomic E-state index is 11.5. The van der Waals surface area contributed by atoms with Gasteiger partial charge in [-0.1, -0.05) is 6.07 Å². The lowest BCUT2D eigenvalue weighted by molar-refractivity contribution is 0.251. The molecule has 2 heterocycles. The Morgan fingerprint density at radius 2 is 2.12 bits per heavy atom. The van der Waals surface area contributed by atoms with Crippen molar-refractivity contribution in [3.8, 4) is 0 Å². The highest BCUT2D eigenvalue weighted by atomic mass is 16.2. The second-order valence-corrected chi connectivity index (χ2v) is 3.24. The van der Waals surface area contributed by atoms with E-state index in [-0.39, 0.29) is 6.03 Å². The van der Waals surface area contributed by atoms with Crippen molar-refractivity contribution < 1.29 is 4.79 Å². The monoisotopic (exact) mass is 229 g/mol. The van der Waals surface area contributed by atoms with E-state index in [1.54, 1.807) is 18.3 Å². The van der Waals surface area contributed by atoms with Gasteiger partial charge in [0.2, 0.25) is 0 Å². The van der Waals surface area contributed by atoms with Crippen molar-refractivity contribution in [1.82, 2.24) is 20.5 Å². The molecule has 0 fully saturated rings. The fourth-order valence-electron chi connectivity index (χ4n) is 1.20. The molecule has 6 nitrogen and oxygen atoms in total. The number of nitrogens with one attached hydrogen (secondary N) is 2. The number of amides is 2. The minimum absolute atomic E-state index is 0.337. The Labute approximate surface area is 98.1 Å². The van der Waals surface area contributed by atoms with Crippen LogP contribution in [-0.2, 0) is 6.54 Å². The van der Waals surface area contributed by atoms with Crippen LogP contribution in [-0.4, -0.2) is 21.2 Å². The molecule has 0 spiro atoms. The lowest BCUT2D eigenvalue weighted by Gasteiger charge is -2.05. The highest BCUT2D eigenvalue weighted by Gasteiger charge is 2.02. The molecule has 2 N–H and O–H groups in total. The minimum atomic E-state index is -0.337. The Hall–Kier alpha value is -2.50. The van der Waals surface area contributed by atoms with Gasteiger partial charge >= 0.3 is 6.03 Å². The van der Waals surface area contributed by atoms with E-state index < -0.39 is 0 Å². The second kappa shape index (κ2) is 5.55. The average Bonchev–Trinajstić information content (AvgIpc) is 2.39. The van der Waals surface area contributed by atoms with Crippen LogP contribution >= 0.6 is 0 Å². The summed E-state index contributed by atoms with van der Waals surface area (Å²) >= 11 is 0. The highest BCUT2D eigenvalue weighted by molar-refractivity contribution is 5.87. The van der Waals surface area contributed by atoms with Crippen LogP contribution in [0.25, 0.3) is 0 Å². The maximum Gasteiger partial charge on any atom is 0.320 e. The predicted octanol–water partition coefficient (Wildman–Crippen LogP) is 1.19. The molecule has 0 aromatic carbocycles. The van der Waals surface area contributed by atoms with Crippen LogP contribution in [0.3, 0.4) is 0 Å². The van der Waals surface area contributed by atoms with Gasteiger partial charge in [0.05, 0.1) is 12.2 Å². The van der Waals surface area contributed by atoms with Crippen LogP contribution < -0.4 is 10.6 Å². The van der Waals surface area contributed by atoms with Crippen molar-refractivity contribution in [1.29, 1.82) is 0 Å². The first-order valence-corrected chi connectivity index (χ1v) is 5.07. The molecule has 2 rings (SSSR count). The van der Waals surface area contributed by atoms with Gasteiger partial charge in [-0.15, -0.1) is 5.10 Å². The van der Waals surface area contributed by atoms with E-state index in [2.05, 4.69) is 25.8 Å². The number of anilines is 1. The van der Waals surface area contributed by atoms with E-state index in [0.29, 0.717) is 12.4 Å². The molecule has 0 saturated carbocycles. The minimum Gasteiger partial charge on any atom is -0.332 e. The third-order valence-electron chi connectivity index (χ3n) is 1.97. The number of nitrogens with zero attached hydrogens (tertiary/aromatic N) is 3. The Morgan fingerprint density at radius 3 is 2.82 bits per heavy atom. The van der Waals surface area contributed by atoms with Gasteiger partial charge in [0.15, 0.2) is 5.82 Å². The van der Waals surface area contributed by atoms with Crippen molar-refractivity contribution in [2.45, 2.75) is 6.54 Å². The largest absolute Gasteiger partial charge is 0.332 e. The summed E-state index contributed by atoms with van der Waals surface area (Å²) in [7, 11) is 0. The summed E-state index contributed by atoms with van der Waals surface area (Å²) < 4.78 is 0. The van der Waals surface area contributed by atoms with Gasteiger partial charge in [-0.25, -0.2) is 4.79 Å². The number of pyridine rings is 1. The van der Waals surface area contributed by atoms with Gasteiger partial charge in [-0.3, -0.25) is 10.3 Å². The number of rotatable bonds is 3. The zero-order chi connectivity index (χ0) is 11.9. The fraction of sp³-hybridized carbons (Fsp3) is 0.0909. The van der Waals surface area contributed by atoms with E-state index in [1.807, 2.05) is 18.2 Å². The average molecular weight is 229 g/mol. The van der Waals surface area contributed by atoms with Crippen molar-refractivity contribution in [3.63, 3.8) is 0 Å². The standard InChI is InChI=1S/C11H11N5O/c17-11(15-10-5-3-7-14-16-10)13-8-9-4-1-2-6-12-9/h1-7H,8H2,(H2,13,15,16,17). The molecule has 0 radical (unpaired) electrons. The van der Waals surface area contributed by atoms with Gasteiger partial charge in [0.1, 0.15) is 0 Å². The Morgan fingerprint density at radius 1 is 1.18 bits per heavy atom. The first-order valence-electron chi connectivity index (χ1n) is 5.07. The molecule has 2 amide bonds. The van der Waals surface area contributed by atoms with Gasteiger partial charge in [-0.2, -0.15) is 5.10 Å². The molecule has 2 aromatic rings. The summed E-state index contributed by atoms with van der Waals surface area (Å²) in [6.45, 7) is 0.368. The van der Waals surface area contributed by atoms with E-state index in [9.17, 15) is 4.79 Å². The molecule has 0 unspecified atom stereocenters. The molecule has 17 heavy (non-hydrogen) atoms. The lowest BCUT2D eigenvalue weighted by atomic mass is 10.3. The topological polar surface area (TPSA) is 79.8 Å². The number of carbonyl (C=O) groups is 1. The molecule has 2 aromatic heterocycles. The van der Waals surface area contributed by atoms with E-state index >= 15 is 0 Å². The van der Waals surface area contributed by atoms with E-state index in [1.165, 1.54) is 6.20 Å². The first-order chi connectivity index (χ1) is 8.34. The summed E-state index contributed by atoms with van der Waals surface area (Å²) in [5, 5.41) is 12.6. The third-order valence-corrected chi connectivity index (χ3v) is 1.97. The molecule has 0 aliphatic rings. The van der Waals surface area contributed by atoms with Crippen molar-refractivity contribution in [2.24, 2.45) is 0 Å². The van der Waals surface area contributed by atoms with Crippen molar-refractivity contribution in [2.75, 3.05) is 5.32 Å². The summed E-state index contributed by atoms with van der Waals surface area (Å²) in [6.07, 6.45) is 3.22. The molecule has 0 aliphatic heterocycles. The third kappa shape index (κ3) is 3.53. The normalized spacial score (nSPS) is 9.65.